The SMILES string of the molecule is CCNC1CC(Oc2cccc(Cl)c2F)C1(C)C. The minimum atomic E-state index is -0.470. The van der Waals surface area contributed by atoms with Crippen molar-refractivity contribution in [2.24, 2.45) is 5.41 Å². The zero-order valence-corrected chi connectivity index (χ0v) is 11.7. The lowest BCUT2D eigenvalue weighted by atomic mass is 9.64. The molecule has 1 fully saturated rings. The van der Waals surface area contributed by atoms with Gasteiger partial charge in [-0.2, -0.15) is 0 Å². The van der Waals surface area contributed by atoms with Crippen molar-refractivity contribution >= 4 is 11.6 Å². The maximum atomic E-state index is 13.7. The lowest BCUT2D eigenvalue weighted by Gasteiger charge is -2.51. The van der Waals surface area contributed by atoms with Crippen molar-refractivity contribution in [2.75, 3.05) is 6.54 Å². The first-order valence-electron chi connectivity index (χ1n) is 6.30. The molecule has 2 rings (SSSR count). The Kier molecular flexibility index (Phi) is 3.83. The summed E-state index contributed by atoms with van der Waals surface area (Å²) >= 11 is 5.74. The van der Waals surface area contributed by atoms with Crippen LogP contribution in [0, 0.1) is 11.2 Å². The van der Waals surface area contributed by atoms with E-state index in [1.165, 1.54) is 6.07 Å². The largest absolute Gasteiger partial charge is 0.487 e. The number of hydrogen-bond donors (Lipinski definition) is 1. The van der Waals surface area contributed by atoms with Crippen LogP contribution in [0.1, 0.15) is 27.2 Å². The number of benzene rings is 1. The van der Waals surface area contributed by atoms with Crippen LogP contribution < -0.4 is 10.1 Å². The minimum absolute atomic E-state index is 0.00473. The molecular formula is C14H19ClFNO. The average molecular weight is 272 g/mol. The molecule has 0 bridgehead atoms. The maximum Gasteiger partial charge on any atom is 0.183 e. The summed E-state index contributed by atoms with van der Waals surface area (Å²) in [5.74, 6) is -0.225. The molecule has 0 heterocycles. The van der Waals surface area contributed by atoms with Crippen molar-refractivity contribution in [3.05, 3.63) is 29.0 Å². The van der Waals surface area contributed by atoms with Gasteiger partial charge < -0.3 is 10.1 Å². The first-order valence-corrected chi connectivity index (χ1v) is 6.68. The van der Waals surface area contributed by atoms with Gasteiger partial charge in [-0.1, -0.05) is 38.4 Å². The molecule has 0 aromatic heterocycles. The van der Waals surface area contributed by atoms with E-state index in [2.05, 4.69) is 26.1 Å². The van der Waals surface area contributed by atoms with Gasteiger partial charge in [0.25, 0.3) is 0 Å². The van der Waals surface area contributed by atoms with E-state index in [4.69, 9.17) is 16.3 Å². The molecule has 0 radical (unpaired) electrons. The third kappa shape index (κ3) is 2.34. The molecule has 0 amide bonds. The second-order valence-corrected chi connectivity index (χ2v) is 5.73. The van der Waals surface area contributed by atoms with Gasteiger partial charge in [-0.05, 0) is 18.7 Å². The van der Waals surface area contributed by atoms with E-state index in [1.807, 2.05) is 0 Å². The summed E-state index contributed by atoms with van der Waals surface area (Å²) in [4.78, 5) is 0. The molecular weight excluding hydrogens is 253 g/mol. The number of hydrogen-bond acceptors (Lipinski definition) is 2. The molecule has 1 aromatic carbocycles. The second-order valence-electron chi connectivity index (χ2n) is 5.33. The third-order valence-electron chi connectivity index (χ3n) is 3.81. The minimum Gasteiger partial charge on any atom is -0.487 e. The lowest BCUT2D eigenvalue weighted by Crippen LogP contribution is -2.62. The molecule has 2 unspecified atom stereocenters. The summed E-state index contributed by atoms with van der Waals surface area (Å²) in [5.41, 5.74) is 0.00473. The van der Waals surface area contributed by atoms with Gasteiger partial charge in [0.2, 0.25) is 0 Å². The number of rotatable bonds is 4. The molecule has 4 heteroatoms. The Morgan fingerprint density at radius 3 is 2.83 bits per heavy atom. The molecule has 18 heavy (non-hydrogen) atoms. The molecule has 0 spiro atoms. The number of ether oxygens (including phenoxy) is 1. The Hall–Kier alpha value is -0.800. The highest BCUT2D eigenvalue weighted by molar-refractivity contribution is 6.30. The van der Waals surface area contributed by atoms with Crippen LogP contribution in [0.5, 0.6) is 5.75 Å². The van der Waals surface area contributed by atoms with Gasteiger partial charge in [0.1, 0.15) is 6.10 Å². The fourth-order valence-electron chi connectivity index (χ4n) is 2.41. The van der Waals surface area contributed by atoms with E-state index in [-0.39, 0.29) is 22.3 Å². The van der Waals surface area contributed by atoms with Gasteiger partial charge >= 0.3 is 0 Å². The molecule has 1 N–H and O–H groups in total. The summed E-state index contributed by atoms with van der Waals surface area (Å²) in [6.07, 6.45) is 0.918. The monoisotopic (exact) mass is 271 g/mol. The van der Waals surface area contributed by atoms with Crippen LogP contribution >= 0.6 is 11.6 Å². The first kappa shape index (κ1) is 13.6. The zero-order valence-electron chi connectivity index (χ0n) is 11.0. The summed E-state index contributed by atoms with van der Waals surface area (Å²) < 4.78 is 19.5. The smallest absolute Gasteiger partial charge is 0.183 e. The summed E-state index contributed by atoms with van der Waals surface area (Å²) in [6.45, 7) is 7.29. The van der Waals surface area contributed by atoms with Crippen LogP contribution in [-0.2, 0) is 0 Å². The normalized spacial score (nSPS) is 25.6. The molecule has 2 atom stereocenters. The predicted molar refractivity (Wildman–Crippen MR) is 71.7 cm³/mol. The Labute approximate surface area is 112 Å². The zero-order chi connectivity index (χ0) is 13.3. The van der Waals surface area contributed by atoms with Crippen LogP contribution in [-0.4, -0.2) is 18.7 Å². The van der Waals surface area contributed by atoms with Crippen molar-refractivity contribution < 1.29 is 9.13 Å². The fraction of sp³-hybridized carbons (Fsp3) is 0.571. The fourth-order valence-corrected chi connectivity index (χ4v) is 2.57. The predicted octanol–water partition coefficient (Wildman–Crippen LogP) is 3.63. The summed E-state index contributed by atoms with van der Waals surface area (Å²) in [7, 11) is 0. The Morgan fingerprint density at radius 1 is 1.50 bits per heavy atom. The van der Waals surface area contributed by atoms with Crippen molar-refractivity contribution in [3.63, 3.8) is 0 Å². The third-order valence-corrected chi connectivity index (χ3v) is 4.11. The molecule has 1 saturated carbocycles. The van der Waals surface area contributed by atoms with Crippen molar-refractivity contribution in [3.8, 4) is 5.75 Å². The van der Waals surface area contributed by atoms with Gasteiger partial charge in [0.15, 0.2) is 11.6 Å². The van der Waals surface area contributed by atoms with Crippen molar-refractivity contribution in [1.82, 2.24) is 5.32 Å². The van der Waals surface area contributed by atoms with Gasteiger partial charge in [0, 0.05) is 17.9 Å². The highest BCUT2D eigenvalue weighted by Crippen LogP contribution is 2.43. The number of nitrogens with one attached hydrogen (secondary N) is 1. The summed E-state index contributed by atoms with van der Waals surface area (Å²) in [5, 5.41) is 3.52. The Balaban J connectivity index is 2.06. The average Bonchev–Trinajstić information content (AvgIpc) is 2.33. The van der Waals surface area contributed by atoms with Crippen molar-refractivity contribution in [2.45, 2.75) is 39.3 Å². The molecule has 100 valence electrons. The highest BCUT2D eigenvalue weighted by Gasteiger charge is 2.49. The molecule has 0 aliphatic heterocycles. The molecule has 1 aromatic rings. The van der Waals surface area contributed by atoms with Crippen LogP contribution in [0.2, 0.25) is 5.02 Å². The maximum absolute atomic E-state index is 13.7. The Morgan fingerprint density at radius 2 is 2.22 bits per heavy atom. The van der Waals surface area contributed by atoms with E-state index in [0.717, 1.165) is 13.0 Å². The van der Waals surface area contributed by atoms with Crippen molar-refractivity contribution in [1.29, 1.82) is 0 Å². The molecule has 1 aliphatic carbocycles. The second kappa shape index (κ2) is 5.06. The van der Waals surface area contributed by atoms with E-state index in [1.54, 1.807) is 12.1 Å². The molecule has 0 saturated heterocycles. The lowest BCUT2D eigenvalue weighted by molar-refractivity contribution is -0.0558. The first-order chi connectivity index (χ1) is 8.46. The summed E-state index contributed by atoms with van der Waals surface area (Å²) in [6, 6.07) is 5.28. The van der Waals surface area contributed by atoms with E-state index >= 15 is 0 Å². The van der Waals surface area contributed by atoms with Crippen LogP contribution in [0.15, 0.2) is 18.2 Å². The Bertz CT molecular complexity index is 436. The quantitative estimate of drug-likeness (QED) is 0.903. The highest BCUT2D eigenvalue weighted by atomic mass is 35.5. The van der Waals surface area contributed by atoms with Crippen LogP contribution in [0.4, 0.5) is 4.39 Å². The molecule has 2 nitrogen and oxygen atoms in total. The van der Waals surface area contributed by atoms with Crippen LogP contribution in [0.25, 0.3) is 0 Å². The van der Waals surface area contributed by atoms with E-state index in [0.29, 0.717) is 6.04 Å². The van der Waals surface area contributed by atoms with E-state index in [9.17, 15) is 4.39 Å². The van der Waals surface area contributed by atoms with Gasteiger partial charge in [-0.3, -0.25) is 0 Å². The van der Waals surface area contributed by atoms with Gasteiger partial charge in [-0.25, -0.2) is 4.39 Å². The topological polar surface area (TPSA) is 21.3 Å². The number of halogens is 2. The standard InChI is InChI=1S/C14H19ClFNO/c1-4-17-11-8-12(14(11,2)3)18-10-7-5-6-9(15)13(10)16/h5-7,11-12,17H,4,8H2,1-3H3. The van der Waals surface area contributed by atoms with Gasteiger partial charge in [0.05, 0.1) is 5.02 Å². The van der Waals surface area contributed by atoms with E-state index < -0.39 is 5.82 Å². The molecule has 1 aliphatic rings. The van der Waals surface area contributed by atoms with Crippen LogP contribution in [0.3, 0.4) is 0 Å². The van der Waals surface area contributed by atoms with Gasteiger partial charge in [-0.15, -0.1) is 0 Å².